The van der Waals surface area contributed by atoms with E-state index in [4.69, 9.17) is 21.8 Å². The first-order chi connectivity index (χ1) is 7.58. The van der Waals surface area contributed by atoms with E-state index in [2.05, 4.69) is 21.2 Å². The van der Waals surface area contributed by atoms with Gasteiger partial charge in [-0.2, -0.15) is 0 Å². The van der Waals surface area contributed by atoms with Crippen molar-refractivity contribution < 1.29 is 15.0 Å². The number of carbonyl (C=O) groups excluding carboxylic acids is 1. The fourth-order valence-corrected chi connectivity index (χ4v) is 1.95. The van der Waals surface area contributed by atoms with Gasteiger partial charge in [0.15, 0.2) is 0 Å². The van der Waals surface area contributed by atoms with E-state index in [0.717, 1.165) is 0 Å². The summed E-state index contributed by atoms with van der Waals surface area (Å²) in [5.41, 5.74) is 0.399. The van der Waals surface area contributed by atoms with Crippen molar-refractivity contribution in [2.45, 2.75) is 6.04 Å². The Labute approximate surface area is 106 Å². The Morgan fingerprint density at radius 2 is 2.06 bits per heavy atom. The van der Waals surface area contributed by atoms with Crippen LogP contribution in [0.5, 0.6) is 0 Å². The molecule has 0 aliphatic rings. The molecule has 1 aromatic carbocycles. The van der Waals surface area contributed by atoms with E-state index in [1.807, 2.05) is 0 Å². The van der Waals surface area contributed by atoms with E-state index in [9.17, 15) is 4.79 Å². The van der Waals surface area contributed by atoms with Gasteiger partial charge in [0.05, 0.1) is 24.8 Å². The summed E-state index contributed by atoms with van der Waals surface area (Å²) in [6, 6.07) is 4.10. The van der Waals surface area contributed by atoms with Gasteiger partial charge in [0.2, 0.25) is 0 Å². The number of halogens is 2. The maximum absolute atomic E-state index is 11.7. The first kappa shape index (κ1) is 13.4. The van der Waals surface area contributed by atoms with Gasteiger partial charge in [-0.3, -0.25) is 4.79 Å². The summed E-state index contributed by atoms with van der Waals surface area (Å²) in [5, 5.41) is 20.7. The Bertz CT molecular complexity index is 382. The van der Waals surface area contributed by atoms with Crippen molar-refractivity contribution >= 4 is 33.4 Å². The van der Waals surface area contributed by atoms with Gasteiger partial charge in [-0.25, -0.2) is 0 Å². The van der Waals surface area contributed by atoms with Crippen molar-refractivity contribution in [3.63, 3.8) is 0 Å². The quantitative estimate of drug-likeness (QED) is 0.782. The molecule has 0 aliphatic heterocycles. The van der Waals surface area contributed by atoms with Crippen molar-refractivity contribution in [2.24, 2.45) is 0 Å². The molecule has 0 saturated carbocycles. The third-order valence-corrected chi connectivity index (χ3v) is 2.84. The molecular formula is C10H11BrClNO3. The number of rotatable bonds is 4. The summed E-state index contributed by atoms with van der Waals surface area (Å²) in [6.07, 6.45) is 0. The molecule has 0 saturated heterocycles. The maximum Gasteiger partial charge on any atom is 0.252 e. The first-order valence-corrected chi connectivity index (χ1v) is 5.73. The zero-order valence-corrected chi connectivity index (χ0v) is 10.6. The number of nitrogens with one attached hydrogen (secondary N) is 1. The van der Waals surface area contributed by atoms with Crippen LogP contribution in [-0.4, -0.2) is 35.4 Å². The van der Waals surface area contributed by atoms with E-state index in [-0.39, 0.29) is 19.1 Å². The molecule has 0 atom stereocenters. The average Bonchev–Trinajstić information content (AvgIpc) is 2.25. The SMILES string of the molecule is O=C(NC(CO)CO)c1ccc(Cl)cc1Br. The molecule has 1 amide bonds. The maximum atomic E-state index is 11.7. The average molecular weight is 309 g/mol. The van der Waals surface area contributed by atoms with Crippen molar-refractivity contribution in [3.8, 4) is 0 Å². The number of amides is 1. The summed E-state index contributed by atoms with van der Waals surface area (Å²) in [7, 11) is 0. The van der Waals surface area contributed by atoms with Crippen LogP contribution < -0.4 is 5.32 Å². The van der Waals surface area contributed by atoms with Gasteiger partial charge < -0.3 is 15.5 Å². The van der Waals surface area contributed by atoms with E-state index < -0.39 is 6.04 Å². The summed E-state index contributed by atoms with van der Waals surface area (Å²) >= 11 is 8.95. The van der Waals surface area contributed by atoms with E-state index in [0.29, 0.717) is 15.1 Å². The fraction of sp³-hybridized carbons (Fsp3) is 0.300. The normalized spacial score (nSPS) is 10.6. The fourth-order valence-electron chi connectivity index (χ4n) is 1.09. The second kappa shape index (κ2) is 6.20. The molecule has 3 N–H and O–H groups in total. The van der Waals surface area contributed by atoms with Crippen LogP contribution in [0, 0.1) is 0 Å². The second-order valence-electron chi connectivity index (χ2n) is 3.16. The lowest BCUT2D eigenvalue weighted by Gasteiger charge is -2.13. The molecule has 16 heavy (non-hydrogen) atoms. The van der Waals surface area contributed by atoms with Gasteiger partial charge in [0, 0.05) is 9.50 Å². The monoisotopic (exact) mass is 307 g/mol. The van der Waals surface area contributed by atoms with Gasteiger partial charge in [-0.1, -0.05) is 11.6 Å². The Balaban J connectivity index is 2.80. The van der Waals surface area contributed by atoms with Crippen molar-refractivity contribution in [1.29, 1.82) is 0 Å². The van der Waals surface area contributed by atoms with E-state index in [1.165, 1.54) is 0 Å². The van der Waals surface area contributed by atoms with Gasteiger partial charge in [0.25, 0.3) is 5.91 Å². The van der Waals surface area contributed by atoms with Crippen LogP contribution in [0.2, 0.25) is 5.02 Å². The largest absolute Gasteiger partial charge is 0.394 e. The van der Waals surface area contributed by atoms with Crippen molar-refractivity contribution in [3.05, 3.63) is 33.3 Å². The molecular weight excluding hydrogens is 297 g/mol. The number of carbonyl (C=O) groups is 1. The Morgan fingerprint density at radius 3 is 2.56 bits per heavy atom. The highest BCUT2D eigenvalue weighted by molar-refractivity contribution is 9.10. The Kier molecular flexibility index (Phi) is 5.21. The van der Waals surface area contributed by atoms with Gasteiger partial charge in [-0.05, 0) is 34.1 Å². The smallest absolute Gasteiger partial charge is 0.252 e. The number of benzene rings is 1. The van der Waals surface area contributed by atoms with Crippen LogP contribution in [0.3, 0.4) is 0 Å². The molecule has 0 heterocycles. The zero-order valence-electron chi connectivity index (χ0n) is 8.28. The minimum Gasteiger partial charge on any atom is -0.394 e. The van der Waals surface area contributed by atoms with Crippen molar-refractivity contribution in [2.75, 3.05) is 13.2 Å². The predicted octanol–water partition coefficient (Wildman–Crippen LogP) is 1.19. The van der Waals surface area contributed by atoms with Gasteiger partial charge >= 0.3 is 0 Å². The lowest BCUT2D eigenvalue weighted by atomic mass is 10.2. The van der Waals surface area contributed by atoms with Gasteiger partial charge in [0.1, 0.15) is 0 Å². The summed E-state index contributed by atoms with van der Waals surface area (Å²) in [6.45, 7) is -0.624. The molecule has 4 nitrogen and oxygen atoms in total. The Hall–Kier alpha value is -0.620. The van der Waals surface area contributed by atoms with Crippen LogP contribution in [0.15, 0.2) is 22.7 Å². The summed E-state index contributed by atoms with van der Waals surface area (Å²) < 4.78 is 0.562. The Morgan fingerprint density at radius 1 is 1.44 bits per heavy atom. The zero-order chi connectivity index (χ0) is 12.1. The standard InChI is InChI=1S/C10H11BrClNO3/c11-9-3-6(12)1-2-8(9)10(16)13-7(4-14)5-15/h1-3,7,14-15H,4-5H2,(H,13,16). The highest BCUT2D eigenvalue weighted by Crippen LogP contribution is 2.21. The minimum absolute atomic E-state index is 0.312. The molecule has 0 spiro atoms. The van der Waals surface area contributed by atoms with Crippen LogP contribution in [0.4, 0.5) is 0 Å². The third kappa shape index (κ3) is 3.45. The number of aliphatic hydroxyl groups excluding tert-OH is 2. The number of hydrogen-bond donors (Lipinski definition) is 3. The molecule has 88 valence electrons. The van der Waals surface area contributed by atoms with E-state index in [1.54, 1.807) is 18.2 Å². The number of hydrogen-bond acceptors (Lipinski definition) is 3. The van der Waals surface area contributed by atoms with Crippen LogP contribution >= 0.6 is 27.5 Å². The first-order valence-electron chi connectivity index (χ1n) is 4.56. The third-order valence-electron chi connectivity index (χ3n) is 1.95. The van der Waals surface area contributed by atoms with Crippen LogP contribution in [-0.2, 0) is 0 Å². The highest BCUT2D eigenvalue weighted by atomic mass is 79.9. The van der Waals surface area contributed by atoms with Crippen LogP contribution in [0.1, 0.15) is 10.4 Å². The summed E-state index contributed by atoms with van der Waals surface area (Å²) in [4.78, 5) is 11.7. The lowest BCUT2D eigenvalue weighted by molar-refractivity contribution is 0.0878. The lowest BCUT2D eigenvalue weighted by Crippen LogP contribution is -2.40. The molecule has 1 aromatic rings. The highest BCUT2D eigenvalue weighted by Gasteiger charge is 2.14. The molecule has 0 radical (unpaired) electrons. The molecule has 0 fully saturated rings. The molecule has 0 unspecified atom stereocenters. The second-order valence-corrected chi connectivity index (χ2v) is 4.45. The minimum atomic E-state index is -0.657. The van der Waals surface area contributed by atoms with Crippen LogP contribution in [0.25, 0.3) is 0 Å². The molecule has 0 aliphatic carbocycles. The van der Waals surface area contributed by atoms with Crippen molar-refractivity contribution in [1.82, 2.24) is 5.32 Å². The topological polar surface area (TPSA) is 69.6 Å². The predicted molar refractivity (Wildman–Crippen MR) is 64.6 cm³/mol. The molecule has 6 heteroatoms. The van der Waals surface area contributed by atoms with Gasteiger partial charge in [-0.15, -0.1) is 0 Å². The molecule has 0 bridgehead atoms. The molecule has 1 rings (SSSR count). The number of aliphatic hydroxyl groups is 2. The van der Waals surface area contributed by atoms with E-state index >= 15 is 0 Å². The molecule has 0 aromatic heterocycles. The summed E-state index contributed by atoms with van der Waals surface area (Å²) in [5.74, 6) is -0.378.